The Labute approximate surface area is 123 Å². The molecule has 7 heteroatoms. The van der Waals surface area contributed by atoms with Crippen molar-refractivity contribution in [3.8, 4) is 0 Å². The van der Waals surface area contributed by atoms with E-state index in [1.54, 1.807) is 0 Å². The smallest absolute Gasteiger partial charge is 0.133 e. The summed E-state index contributed by atoms with van der Waals surface area (Å²) >= 11 is 5.87. The van der Waals surface area contributed by atoms with Gasteiger partial charge in [0.1, 0.15) is 23.3 Å². The normalized spacial score (nSPS) is 12.5. The van der Waals surface area contributed by atoms with Crippen molar-refractivity contribution in [3.05, 3.63) is 69.8 Å². The average molecular weight is 319 g/mol. The predicted molar refractivity (Wildman–Crippen MR) is 71.5 cm³/mol. The Balaban J connectivity index is 2.37. The molecule has 0 bridgehead atoms. The van der Waals surface area contributed by atoms with Crippen LogP contribution in [0, 0.1) is 23.3 Å². The topological polar surface area (TPSA) is 38.0 Å². The van der Waals surface area contributed by atoms with Crippen molar-refractivity contribution in [2.24, 2.45) is 5.84 Å². The molecule has 0 radical (unpaired) electrons. The van der Waals surface area contributed by atoms with Crippen molar-refractivity contribution < 1.29 is 17.6 Å². The molecular weight excluding hydrogens is 308 g/mol. The van der Waals surface area contributed by atoms with E-state index in [2.05, 4.69) is 5.43 Å². The Morgan fingerprint density at radius 3 is 2.14 bits per heavy atom. The lowest BCUT2D eigenvalue weighted by Gasteiger charge is -2.18. The second-order valence-corrected chi connectivity index (χ2v) is 4.85. The molecule has 3 N–H and O–H groups in total. The van der Waals surface area contributed by atoms with Gasteiger partial charge in [-0.15, -0.1) is 0 Å². The molecular formula is C14H11ClF4N2. The third-order valence-corrected chi connectivity index (χ3v) is 3.38. The second-order valence-electron chi connectivity index (χ2n) is 4.44. The van der Waals surface area contributed by atoms with Gasteiger partial charge in [0, 0.05) is 22.7 Å². The monoisotopic (exact) mass is 318 g/mol. The van der Waals surface area contributed by atoms with Gasteiger partial charge in [0.25, 0.3) is 0 Å². The molecule has 0 aliphatic carbocycles. The Morgan fingerprint density at radius 2 is 1.62 bits per heavy atom. The van der Waals surface area contributed by atoms with E-state index in [9.17, 15) is 17.6 Å². The second kappa shape index (κ2) is 6.43. The number of benzene rings is 2. The molecule has 0 amide bonds. The van der Waals surface area contributed by atoms with Crippen LogP contribution >= 0.6 is 11.6 Å². The van der Waals surface area contributed by atoms with Crippen molar-refractivity contribution >= 4 is 11.6 Å². The zero-order valence-corrected chi connectivity index (χ0v) is 11.4. The number of hydrogen-bond donors (Lipinski definition) is 2. The predicted octanol–water partition coefficient (Wildman–Crippen LogP) is 3.64. The SMILES string of the molecule is NNC(Cc1ccc(F)cc1Cl)c1c(F)cc(F)cc1F. The van der Waals surface area contributed by atoms with Crippen LogP contribution in [0.1, 0.15) is 17.2 Å². The number of nitrogens with one attached hydrogen (secondary N) is 1. The third kappa shape index (κ3) is 3.53. The van der Waals surface area contributed by atoms with Crippen molar-refractivity contribution in [3.63, 3.8) is 0 Å². The van der Waals surface area contributed by atoms with Gasteiger partial charge < -0.3 is 0 Å². The summed E-state index contributed by atoms with van der Waals surface area (Å²) in [6.07, 6.45) is 0.00901. The van der Waals surface area contributed by atoms with Gasteiger partial charge in [-0.05, 0) is 24.1 Å². The highest BCUT2D eigenvalue weighted by molar-refractivity contribution is 6.31. The molecule has 2 aromatic carbocycles. The molecule has 0 spiro atoms. The molecule has 2 aromatic rings. The van der Waals surface area contributed by atoms with E-state index in [0.29, 0.717) is 17.7 Å². The molecule has 0 aromatic heterocycles. The van der Waals surface area contributed by atoms with E-state index in [0.717, 1.165) is 6.07 Å². The minimum atomic E-state index is -1.06. The van der Waals surface area contributed by atoms with Crippen LogP contribution in [-0.4, -0.2) is 0 Å². The van der Waals surface area contributed by atoms with E-state index >= 15 is 0 Å². The quantitative estimate of drug-likeness (QED) is 0.513. The van der Waals surface area contributed by atoms with Crippen molar-refractivity contribution in [1.29, 1.82) is 0 Å². The largest absolute Gasteiger partial charge is 0.271 e. The Kier molecular flexibility index (Phi) is 4.82. The van der Waals surface area contributed by atoms with E-state index in [1.807, 2.05) is 0 Å². The van der Waals surface area contributed by atoms with Gasteiger partial charge in [0.05, 0.1) is 6.04 Å². The third-order valence-electron chi connectivity index (χ3n) is 3.03. The van der Waals surface area contributed by atoms with Crippen LogP contribution in [0.2, 0.25) is 5.02 Å². The Hall–Kier alpha value is -1.63. The van der Waals surface area contributed by atoms with Crippen molar-refractivity contribution in [2.45, 2.75) is 12.5 Å². The van der Waals surface area contributed by atoms with Crippen LogP contribution in [-0.2, 0) is 6.42 Å². The number of hydrazine groups is 1. The number of rotatable bonds is 4. The first-order valence-corrected chi connectivity index (χ1v) is 6.34. The maximum Gasteiger partial charge on any atom is 0.133 e. The summed E-state index contributed by atoms with van der Waals surface area (Å²) < 4.78 is 53.4. The van der Waals surface area contributed by atoms with Gasteiger partial charge in [-0.2, -0.15) is 0 Å². The highest BCUT2D eigenvalue weighted by Gasteiger charge is 2.22. The zero-order chi connectivity index (χ0) is 15.6. The summed E-state index contributed by atoms with van der Waals surface area (Å²) in [6, 6.07) is 3.80. The molecule has 0 fully saturated rings. The molecule has 0 saturated carbocycles. The maximum atomic E-state index is 13.7. The van der Waals surface area contributed by atoms with Crippen LogP contribution in [0.15, 0.2) is 30.3 Å². The lowest BCUT2D eigenvalue weighted by atomic mass is 9.98. The molecule has 0 aliphatic rings. The molecule has 1 atom stereocenters. The van der Waals surface area contributed by atoms with Crippen molar-refractivity contribution in [2.75, 3.05) is 0 Å². The van der Waals surface area contributed by atoms with Crippen LogP contribution in [0.3, 0.4) is 0 Å². The summed E-state index contributed by atoms with van der Waals surface area (Å²) in [4.78, 5) is 0. The summed E-state index contributed by atoms with van der Waals surface area (Å²) in [6.45, 7) is 0. The van der Waals surface area contributed by atoms with E-state index in [1.165, 1.54) is 12.1 Å². The van der Waals surface area contributed by atoms with Gasteiger partial charge >= 0.3 is 0 Å². The molecule has 0 heterocycles. The van der Waals surface area contributed by atoms with E-state index in [4.69, 9.17) is 17.4 Å². The Morgan fingerprint density at radius 1 is 1.00 bits per heavy atom. The van der Waals surface area contributed by atoms with Crippen LogP contribution in [0.5, 0.6) is 0 Å². The highest BCUT2D eigenvalue weighted by Crippen LogP contribution is 2.27. The zero-order valence-electron chi connectivity index (χ0n) is 10.6. The van der Waals surface area contributed by atoms with Gasteiger partial charge in [0.2, 0.25) is 0 Å². The minimum Gasteiger partial charge on any atom is -0.271 e. The number of hydrogen-bond acceptors (Lipinski definition) is 2. The van der Waals surface area contributed by atoms with E-state index in [-0.39, 0.29) is 11.4 Å². The summed E-state index contributed by atoms with van der Waals surface area (Å²) in [5.41, 5.74) is 2.30. The number of nitrogens with two attached hydrogens (primary N) is 1. The highest BCUT2D eigenvalue weighted by atomic mass is 35.5. The van der Waals surface area contributed by atoms with Crippen molar-refractivity contribution in [1.82, 2.24) is 5.43 Å². The van der Waals surface area contributed by atoms with E-state index < -0.39 is 34.9 Å². The molecule has 112 valence electrons. The lowest BCUT2D eigenvalue weighted by molar-refractivity contribution is 0.461. The maximum absolute atomic E-state index is 13.7. The molecule has 0 saturated heterocycles. The minimum absolute atomic E-state index is 0.00901. The molecule has 2 rings (SSSR count). The Bertz CT molecular complexity index is 640. The van der Waals surface area contributed by atoms with Crippen LogP contribution in [0.4, 0.5) is 17.6 Å². The first-order chi connectivity index (χ1) is 9.92. The molecule has 0 aliphatic heterocycles. The fourth-order valence-electron chi connectivity index (χ4n) is 2.04. The molecule has 1 unspecified atom stereocenters. The van der Waals surface area contributed by atoms with Gasteiger partial charge in [-0.1, -0.05) is 17.7 Å². The first-order valence-electron chi connectivity index (χ1n) is 5.97. The summed E-state index contributed by atoms with van der Waals surface area (Å²) in [5, 5.41) is 0.109. The fourth-order valence-corrected chi connectivity index (χ4v) is 2.28. The van der Waals surface area contributed by atoms with Gasteiger partial charge in [-0.25, -0.2) is 17.6 Å². The number of halogens is 5. The van der Waals surface area contributed by atoms with Crippen LogP contribution < -0.4 is 11.3 Å². The lowest BCUT2D eigenvalue weighted by Crippen LogP contribution is -2.31. The molecule has 2 nitrogen and oxygen atoms in total. The first kappa shape index (κ1) is 15.8. The fraction of sp³-hybridized carbons (Fsp3) is 0.143. The van der Waals surface area contributed by atoms with Gasteiger partial charge in [0.15, 0.2) is 0 Å². The van der Waals surface area contributed by atoms with Gasteiger partial charge in [-0.3, -0.25) is 11.3 Å². The average Bonchev–Trinajstić information content (AvgIpc) is 2.39. The summed E-state index contributed by atoms with van der Waals surface area (Å²) in [5.74, 6) is 1.64. The summed E-state index contributed by atoms with van der Waals surface area (Å²) in [7, 11) is 0. The standard InChI is InChI=1S/C14H11ClF4N2/c15-10-4-8(16)2-1-7(10)3-13(21-20)14-11(18)5-9(17)6-12(14)19/h1-2,4-6,13,21H,3,20H2. The van der Waals surface area contributed by atoms with Crippen LogP contribution in [0.25, 0.3) is 0 Å². The molecule has 21 heavy (non-hydrogen) atoms.